The van der Waals surface area contributed by atoms with Crippen molar-refractivity contribution in [1.29, 1.82) is 0 Å². The molecule has 0 heterocycles. The SMILES string of the molecule is CCN(CC)CCOC(=O)c1ccc(NC(=O)c2ccc(C)c(C)c2)cc1. The minimum Gasteiger partial charge on any atom is -0.461 e. The average Bonchev–Trinajstić information content (AvgIpc) is 2.67. The summed E-state index contributed by atoms with van der Waals surface area (Å²) in [5.41, 5.74) is 3.94. The van der Waals surface area contributed by atoms with Crippen molar-refractivity contribution in [3.05, 3.63) is 64.7 Å². The molecule has 0 aliphatic rings. The number of ether oxygens (including phenoxy) is 1. The molecule has 5 nitrogen and oxygen atoms in total. The Morgan fingerprint density at radius 3 is 2.15 bits per heavy atom. The van der Waals surface area contributed by atoms with E-state index >= 15 is 0 Å². The zero-order valence-electron chi connectivity index (χ0n) is 16.5. The van der Waals surface area contributed by atoms with Gasteiger partial charge in [-0.2, -0.15) is 0 Å². The van der Waals surface area contributed by atoms with Crippen molar-refractivity contribution in [2.75, 3.05) is 31.6 Å². The van der Waals surface area contributed by atoms with Crippen LogP contribution in [0.4, 0.5) is 5.69 Å². The highest BCUT2D eigenvalue weighted by atomic mass is 16.5. The third-order valence-corrected chi connectivity index (χ3v) is 4.68. The Hall–Kier alpha value is -2.66. The quantitative estimate of drug-likeness (QED) is 0.714. The molecule has 0 spiro atoms. The average molecular weight is 368 g/mol. The molecule has 1 N–H and O–H groups in total. The fourth-order valence-electron chi connectivity index (χ4n) is 2.67. The molecule has 0 unspecified atom stereocenters. The number of nitrogens with zero attached hydrogens (tertiary/aromatic N) is 1. The molecule has 144 valence electrons. The number of esters is 1. The van der Waals surface area contributed by atoms with Crippen LogP contribution in [0.5, 0.6) is 0 Å². The van der Waals surface area contributed by atoms with Gasteiger partial charge in [0.25, 0.3) is 5.91 Å². The van der Waals surface area contributed by atoms with Gasteiger partial charge in [-0.05, 0) is 74.5 Å². The molecule has 1 amide bonds. The third kappa shape index (κ3) is 5.93. The number of amides is 1. The van der Waals surface area contributed by atoms with Gasteiger partial charge in [-0.1, -0.05) is 19.9 Å². The molecule has 2 rings (SSSR count). The smallest absolute Gasteiger partial charge is 0.338 e. The molecule has 0 aliphatic carbocycles. The lowest BCUT2D eigenvalue weighted by Gasteiger charge is -2.17. The van der Waals surface area contributed by atoms with Crippen LogP contribution in [0.1, 0.15) is 45.7 Å². The van der Waals surface area contributed by atoms with Crippen LogP contribution in [0.2, 0.25) is 0 Å². The van der Waals surface area contributed by atoms with Crippen LogP contribution in [0.25, 0.3) is 0 Å². The van der Waals surface area contributed by atoms with Crippen LogP contribution in [-0.2, 0) is 4.74 Å². The van der Waals surface area contributed by atoms with Gasteiger partial charge >= 0.3 is 5.97 Å². The van der Waals surface area contributed by atoms with E-state index in [4.69, 9.17) is 4.74 Å². The summed E-state index contributed by atoms with van der Waals surface area (Å²) in [6.45, 7) is 11.1. The van der Waals surface area contributed by atoms with Crippen molar-refractivity contribution in [2.45, 2.75) is 27.7 Å². The summed E-state index contributed by atoms with van der Waals surface area (Å²) in [5.74, 6) is -0.526. The number of hydrogen-bond acceptors (Lipinski definition) is 4. The maximum atomic E-state index is 12.4. The zero-order valence-corrected chi connectivity index (χ0v) is 16.5. The Morgan fingerprint density at radius 1 is 0.926 bits per heavy atom. The second-order valence-corrected chi connectivity index (χ2v) is 6.49. The van der Waals surface area contributed by atoms with Crippen molar-refractivity contribution in [2.24, 2.45) is 0 Å². The van der Waals surface area contributed by atoms with Crippen molar-refractivity contribution in [3.8, 4) is 0 Å². The molecule has 0 aromatic heterocycles. The summed E-state index contributed by atoms with van der Waals surface area (Å²) in [4.78, 5) is 26.6. The molecule has 0 aliphatic heterocycles. The molecule has 0 radical (unpaired) electrons. The molecule has 2 aromatic carbocycles. The summed E-state index contributed by atoms with van der Waals surface area (Å²) < 4.78 is 5.31. The molecular formula is C22H28N2O3. The Labute approximate surface area is 161 Å². The largest absolute Gasteiger partial charge is 0.461 e. The first kappa shape index (κ1) is 20.6. The van der Waals surface area contributed by atoms with E-state index in [0.29, 0.717) is 23.4 Å². The van der Waals surface area contributed by atoms with Gasteiger partial charge in [0.05, 0.1) is 5.56 Å². The predicted molar refractivity (Wildman–Crippen MR) is 108 cm³/mol. The number of anilines is 1. The highest BCUT2D eigenvalue weighted by molar-refractivity contribution is 6.04. The number of nitrogens with one attached hydrogen (secondary N) is 1. The molecule has 0 bridgehead atoms. The first-order valence-electron chi connectivity index (χ1n) is 9.32. The minimum atomic E-state index is -0.353. The first-order chi connectivity index (χ1) is 12.9. The van der Waals surface area contributed by atoms with E-state index < -0.39 is 0 Å². The maximum Gasteiger partial charge on any atom is 0.338 e. The molecular weight excluding hydrogens is 340 g/mol. The highest BCUT2D eigenvalue weighted by Crippen LogP contribution is 2.14. The summed E-state index contributed by atoms with van der Waals surface area (Å²) in [6.07, 6.45) is 0. The molecule has 0 atom stereocenters. The second kappa shape index (κ2) is 9.88. The van der Waals surface area contributed by atoms with E-state index in [-0.39, 0.29) is 11.9 Å². The third-order valence-electron chi connectivity index (χ3n) is 4.68. The Balaban J connectivity index is 1.91. The van der Waals surface area contributed by atoms with Crippen LogP contribution in [0.15, 0.2) is 42.5 Å². The predicted octanol–water partition coefficient (Wildman–Crippen LogP) is 4.05. The topological polar surface area (TPSA) is 58.6 Å². The summed E-state index contributed by atoms with van der Waals surface area (Å²) >= 11 is 0. The summed E-state index contributed by atoms with van der Waals surface area (Å²) in [6, 6.07) is 12.3. The van der Waals surface area contributed by atoms with Crippen molar-refractivity contribution in [1.82, 2.24) is 4.90 Å². The van der Waals surface area contributed by atoms with E-state index in [2.05, 4.69) is 24.1 Å². The normalized spacial score (nSPS) is 10.7. The molecule has 27 heavy (non-hydrogen) atoms. The molecule has 0 saturated carbocycles. The van der Waals surface area contributed by atoms with Gasteiger partial charge in [0.2, 0.25) is 0 Å². The minimum absolute atomic E-state index is 0.173. The van der Waals surface area contributed by atoms with Crippen LogP contribution in [0.3, 0.4) is 0 Å². The van der Waals surface area contributed by atoms with Crippen molar-refractivity contribution >= 4 is 17.6 Å². The van der Waals surface area contributed by atoms with Gasteiger partial charge in [0.1, 0.15) is 6.61 Å². The van der Waals surface area contributed by atoms with Crippen molar-refractivity contribution in [3.63, 3.8) is 0 Å². The van der Waals surface area contributed by atoms with E-state index in [9.17, 15) is 9.59 Å². The lowest BCUT2D eigenvalue weighted by Crippen LogP contribution is -2.27. The van der Waals surface area contributed by atoms with Gasteiger partial charge < -0.3 is 15.0 Å². The zero-order chi connectivity index (χ0) is 19.8. The monoisotopic (exact) mass is 368 g/mol. The maximum absolute atomic E-state index is 12.4. The first-order valence-corrected chi connectivity index (χ1v) is 9.32. The Morgan fingerprint density at radius 2 is 1.56 bits per heavy atom. The second-order valence-electron chi connectivity index (χ2n) is 6.49. The van der Waals surface area contributed by atoms with E-state index in [1.165, 1.54) is 0 Å². The van der Waals surface area contributed by atoms with Crippen molar-refractivity contribution < 1.29 is 14.3 Å². The Kier molecular flexibility index (Phi) is 7.55. The van der Waals surface area contributed by atoms with Gasteiger partial charge in [0, 0.05) is 17.8 Å². The van der Waals surface area contributed by atoms with Crippen LogP contribution in [0, 0.1) is 13.8 Å². The van der Waals surface area contributed by atoms with Crippen LogP contribution >= 0.6 is 0 Å². The molecule has 2 aromatic rings. The molecule has 5 heteroatoms. The fourth-order valence-corrected chi connectivity index (χ4v) is 2.67. The highest BCUT2D eigenvalue weighted by Gasteiger charge is 2.10. The summed E-state index contributed by atoms with van der Waals surface area (Å²) in [7, 11) is 0. The van der Waals surface area contributed by atoms with Gasteiger partial charge in [-0.25, -0.2) is 4.79 Å². The number of carbonyl (C=O) groups is 2. The molecule has 0 fully saturated rings. The van der Waals surface area contributed by atoms with E-state index in [1.807, 2.05) is 26.0 Å². The van der Waals surface area contributed by atoms with E-state index in [0.717, 1.165) is 30.8 Å². The van der Waals surface area contributed by atoms with Crippen LogP contribution < -0.4 is 5.32 Å². The lowest BCUT2D eigenvalue weighted by molar-refractivity contribution is 0.0466. The van der Waals surface area contributed by atoms with Gasteiger partial charge in [0.15, 0.2) is 0 Å². The number of aryl methyl sites for hydroxylation is 2. The van der Waals surface area contributed by atoms with E-state index in [1.54, 1.807) is 30.3 Å². The van der Waals surface area contributed by atoms with Gasteiger partial charge in [-0.15, -0.1) is 0 Å². The van der Waals surface area contributed by atoms with Crippen LogP contribution in [-0.4, -0.2) is 43.0 Å². The summed E-state index contributed by atoms with van der Waals surface area (Å²) in [5, 5.41) is 2.85. The lowest BCUT2D eigenvalue weighted by atomic mass is 10.1. The Bertz CT molecular complexity index is 781. The number of carbonyl (C=O) groups excluding carboxylic acids is 2. The van der Waals surface area contributed by atoms with Gasteiger partial charge in [-0.3, -0.25) is 4.79 Å². The standard InChI is InChI=1S/C22H28N2O3/c1-5-24(6-2)13-14-27-22(26)18-9-11-20(12-10-18)23-21(25)19-8-7-16(3)17(4)15-19/h7-12,15H,5-6,13-14H2,1-4H3,(H,23,25). The number of hydrogen-bond donors (Lipinski definition) is 1. The fraction of sp³-hybridized carbons (Fsp3) is 0.364. The molecule has 0 saturated heterocycles. The number of benzene rings is 2. The number of rotatable bonds is 8. The number of likely N-dealkylation sites (N-methyl/N-ethyl adjacent to an activating group) is 1.